The van der Waals surface area contributed by atoms with Crippen LogP contribution in [0.1, 0.15) is 77.0 Å². The Morgan fingerprint density at radius 2 is 0.786 bits per heavy atom. The summed E-state index contributed by atoms with van der Waals surface area (Å²) in [6, 6.07) is 17.6. The topological polar surface area (TPSA) is 268 Å². The van der Waals surface area contributed by atoms with Gasteiger partial charge < -0.3 is 55.0 Å². The molecule has 1 aliphatic rings. The van der Waals surface area contributed by atoms with Gasteiger partial charge in [0.15, 0.2) is 87.7 Å². The standard InChI is InChI=1S/C18H13F5O4S.C16H13F5O2S.C16H12F4O2S.C12H9F3O4.C7H3F3O.C6H4F2S.C5H8O4.C4H9O.Al.K.Li.4H/c1-26-17(24)14(18(25)27-2)16(13-11(21)3-4-12(22)15(13)23)28-10-6-8(19)5-9(20)7-10;17-9-3-10(18)5-11(4-9)24-16(8(6-22)7-23)14-12(19)1-2-13(20)15(14)21;17-9-3-10(18)5-11(4-9)23-16-8(6-21)7-22-15-13(20)2-1-12(19)14(15)16;1-18-11(16)7(12(17)19-2)5-6-8(13)3-4-9(14)10(6)15;8-5-1-2-6(9)7(10)4(5)3-11;7-4-1-5(8)3-6(9)2-4;1-8-4(6)3-5(7)9-2;1-4(2,3)5;;;;;;;/h3-7,14,16H,1-2H3;1-5,8,16,22-23H,6-7H2;1-5,8,16,21H,6-7H2;3-5H,1-2H3;1-3H;1-3,9H;3H2,1-2H3;1-3H3;;;;;;;/q;;;;;;;-1;;2*+1;;;;-1/t;;8-,16+;;;;;;;;;;;;/m..1............/s1. The summed E-state index contributed by atoms with van der Waals surface area (Å²) in [4.78, 5) is 77.6. The van der Waals surface area contributed by atoms with Crippen molar-refractivity contribution in [3.63, 3.8) is 0 Å². The predicted molar refractivity (Wildman–Crippen MR) is 428 cm³/mol. The van der Waals surface area contributed by atoms with Crippen molar-refractivity contribution in [3.8, 4) is 5.75 Å². The van der Waals surface area contributed by atoms with Crippen molar-refractivity contribution in [3.05, 3.63) is 295 Å². The zero-order valence-electron chi connectivity index (χ0n) is 70.3. The SMILES string of the molecule is CC(C)(C)[O-].COC(=O)C(=Cc1c(F)ccc(F)c1F)C(=O)OC.COC(=O)C(C(=O)OC)C(Sc1cc(F)cc(F)c1)c1c(F)ccc(F)c1F.COC(=O)CC(=O)OC.Fc1cc(F)cc(S)c1.O=Cc1c(F)ccc(F)c1F.OCC(CO)C(Sc1cc(F)cc(F)c1)c1c(F)ccc(F)c1F.OC[C@@H]1COc2c(F)ccc(F)c2[C@H]1Sc1cc(F)cc(F)c1.[AlH3].[H-].[K+].[Li+]. The van der Waals surface area contributed by atoms with E-state index in [1.807, 2.05) is 0 Å². The van der Waals surface area contributed by atoms with E-state index in [1.165, 1.54) is 14.2 Å². The molecule has 0 spiro atoms. The number of thiol groups is 1. The van der Waals surface area contributed by atoms with E-state index in [4.69, 9.17) is 4.74 Å². The molecule has 0 aliphatic carbocycles. The van der Waals surface area contributed by atoms with Gasteiger partial charge >= 0.3 is 106 Å². The third-order valence-electron chi connectivity index (χ3n) is 15.6. The van der Waals surface area contributed by atoms with Crippen molar-refractivity contribution >= 4 is 113 Å². The second-order valence-electron chi connectivity index (χ2n) is 25.9. The maximum Gasteiger partial charge on any atom is 1.00 e. The summed E-state index contributed by atoms with van der Waals surface area (Å²) in [6.45, 7) is 3.22. The van der Waals surface area contributed by atoms with Crippen LogP contribution in [0.25, 0.3) is 6.08 Å². The summed E-state index contributed by atoms with van der Waals surface area (Å²) in [5.41, 5.74) is -4.97. The van der Waals surface area contributed by atoms with Gasteiger partial charge in [0.1, 0.15) is 87.6 Å². The summed E-state index contributed by atoms with van der Waals surface area (Å²) >= 11 is 5.70. The molecule has 702 valence electrons. The van der Waals surface area contributed by atoms with Gasteiger partial charge in [-0.2, -0.15) is 0 Å². The number of carbonyl (C=O) groups excluding carboxylic acids is 7. The van der Waals surface area contributed by atoms with Crippen LogP contribution in [0.15, 0.2) is 159 Å². The summed E-state index contributed by atoms with van der Waals surface area (Å²) in [7, 11) is 6.20. The van der Waals surface area contributed by atoms with Gasteiger partial charge in [-0.05, 0) is 115 Å². The maximum absolute atomic E-state index is 14.4. The summed E-state index contributed by atoms with van der Waals surface area (Å²) in [5.74, 6) is -33.6. The molecule has 0 saturated carbocycles. The molecule has 47 heteroatoms. The molecule has 4 atom stereocenters. The normalized spacial score (nSPS) is 12.3. The Morgan fingerprint density at radius 1 is 0.466 bits per heavy atom. The predicted octanol–water partition coefficient (Wildman–Crippen LogP) is 10.9. The third kappa shape index (κ3) is 39.5. The van der Waals surface area contributed by atoms with Crippen LogP contribution in [0.5, 0.6) is 5.75 Å². The minimum Gasteiger partial charge on any atom is -1.00 e. The molecule has 1 aliphatic heterocycles. The van der Waals surface area contributed by atoms with Gasteiger partial charge in [0, 0.05) is 96.1 Å². The van der Waals surface area contributed by atoms with E-state index >= 15 is 0 Å². The Kier molecular flexibility index (Phi) is 56.1. The van der Waals surface area contributed by atoms with Crippen LogP contribution in [0.4, 0.5) is 96.6 Å². The van der Waals surface area contributed by atoms with Crippen molar-refractivity contribution in [2.45, 2.75) is 68.1 Å². The van der Waals surface area contributed by atoms with Gasteiger partial charge in [-0.25, -0.2) is 106 Å². The zero-order chi connectivity index (χ0) is 97.1. The molecule has 1 heterocycles. The van der Waals surface area contributed by atoms with Gasteiger partial charge in [0.25, 0.3) is 0 Å². The molecule has 0 fully saturated rings. The minimum absolute atomic E-state index is 0. The van der Waals surface area contributed by atoms with Crippen molar-refractivity contribution in [1.82, 2.24) is 0 Å². The fourth-order valence-corrected chi connectivity index (χ4v) is 14.1. The van der Waals surface area contributed by atoms with E-state index in [9.17, 15) is 151 Å². The molecule has 18 nitrogen and oxygen atoms in total. The van der Waals surface area contributed by atoms with E-state index < -0.39 is 244 Å². The largest absolute Gasteiger partial charge is 1.00 e. The van der Waals surface area contributed by atoms with Crippen molar-refractivity contribution in [2.24, 2.45) is 17.8 Å². The third-order valence-corrected chi connectivity index (χ3v) is 19.9. The van der Waals surface area contributed by atoms with Crippen LogP contribution in [0.2, 0.25) is 0 Å². The second-order valence-corrected chi connectivity index (χ2v) is 30.0. The quantitative estimate of drug-likeness (QED) is 0.00445. The first-order valence-corrected chi connectivity index (χ1v) is 38.4. The molecule has 3 N–H and O–H groups in total. The van der Waals surface area contributed by atoms with Crippen molar-refractivity contribution in [2.75, 3.05) is 69.1 Å². The number of rotatable bonds is 21. The van der Waals surface area contributed by atoms with Gasteiger partial charge in [-0.3, -0.25) is 24.0 Å². The van der Waals surface area contributed by atoms with Crippen LogP contribution < -0.4 is 80.1 Å². The van der Waals surface area contributed by atoms with Crippen molar-refractivity contribution in [1.29, 1.82) is 0 Å². The Balaban J connectivity index is 0. The van der Waals surface area contributed by atoms with Gasteiger partial charge in [-0.15, -0.1) is 53.5 Å². The molecule has 0 saturated heterocycles. The molecule has 2 unspecified atom stereocenters. The number of aliphatic hydroxyl groups excluding tert-OH is 3. The number of aldehydes is 1. The molecule has 9 aromatic rings. The van der Waals surface area contributed by atoms with Crippen LogP contribution in [-0.2, 0) is 57.2 Å². The summed E-state index contributed by atoms with van der Waals surface area (Å²) in [6.07, 6.45) is 0.159. The smallest absolute Gasteiger partial charge is 1.00 e. The number of esters is 6. The first-order chi connectivity index (χ1) is 60.0. The fourth-order valence-electron chi connectivity index (χ4n) is 9.84. The summed E-state index contributed by atoms with van der Waals surface area (Å²) < 4.78 is 325. The van der Waals surface area contributed by atoms with Gasteiger partial charge in [-0.1, -0.05) is 20.8 Å². The minimum atomic E-state index is -1.95. The number of benzene rings is 9. The number of carbonyl (C=O) groups is 7. The van der Waals surface area contributed by atoms with Crippen LogP contribution in [0.3, 0.4) is 0 Å². The number of halogens is 22. The number of ether oxygens (including phenoxy) is 7. The molecule has 9 aromatic carbocycles. The van der Waals surface area contributed by atoms with E-state index in [1.54, 1.807) is 20.8 Å². The van der Waals surface area contributed by atoms with Crippen LogP contribution in [-0.4, -0.2) is 149 Å². The Bertz CT molecular complexity index is 5230. The average Bonchev–Trinajstić information content (AvgIpc) is 0.783. The molecular weight excluding hydrogens is 1920 g/mol. The molecule has 0 amide bonds. The molecule has 0 aromatic heterocycles. The number of fused-ring (bicyclic) bond motifs is 1. The number of thioether (sulfide) groups is 3. The van der Waals surface area contributed by atoms with Gasteiger partial charge in [0.05, 0.1) is 72.2 Å². The Labute approximate surface area is 817 Å². The first kappa shape index (κ1) is 122. The van der Waals surface area contributed by atoms with E-state index in [-0.39, 0.29) is 141 Å². The van der Waals surface area contributed by atoms with Crippen LogP contribution in [0, 0.1) is 146 Å². The number of hydrogen-bond acceptors (Lipinski definition) is 22. The van der Waals surface area contributed by atoms with E-state index in [0.29, 0.717) is 95.2 Å². The maximum atomic E-state index is 14.4. The summed E-state index contributed by atoms with van der Waals surface area (Å²) in [5, 5.41) is 34.5. The molecular formula is C84H75AlF22KLiO18S4. The van der Waals surface area contributed by atoms with E-state index in [2.05, 4.69) is 41.0 Å². The zero-order valence-corrected chi connectivity index (χ0v) is 75.8. The monoisotopic (exact) mass is 1990 g/mol. The van der Waals surface area contributed by atoms with E-state index in [0.717, 1.165) is 113 Å². The van der Waals surface area contributed by atoms with Gasteiger partial charge in [0.2, 0.25) is 0 Å². The molecule has 131 heavy (non-hydrogen) atoms. The average molecular weight is 1990 g/mol. The Hall–Kier alpha value is -8.52. The first-order valence-electron chi connectivity index (χ1n) is 35.4. The number of aliphatic hydroxyl groups is 3. The fraction of sp³-hybridized carbons (Fsp3) is 0.250. The second kappa shape index (κ2) is 60.0. The number of hydrogen-bond donors (Lipinski definition) is 4. The van der Waals surface area contributed by atoms with Crippen molar-refractivity contribution < 1.29 is 255 Å². The molecule has 0 radical (unpaired) electrons. The molecule has 10 rings (SSSR count). The number of methoxy groups -OCH3 is 6. The molecule has 0 bridgehead atoms. The Morgan fingerprint density at radius 3 is 1.13 bits per heavy atom. The van der Waals surface area contributed by atoms with Crippen LogP contribution >= 0.6 is 47.9 Å².